The zero-order valence-corrected chi connectivity index (χ0v) is 6.15. The maximum atomic E-state index is 11.2. The molecule has 0 spiro atoms. The van der Waals surface area contributed by atoms with Gasteiger partial charge in [-0.05, 0) is 6.07 Å². The standard InChI is InChI=1S/C8H6N2O2/c9-8-3-6(11)5-4-10-2-1-7(5)12-8/h1-4H,9H2. The summed E-state index contributed by atoms with van der Waals surface area (Å²) in [4.78, 5) is 15.0. The topological polar surface area (TPSA) is 69.1 Å². The van der Waals surface area contributed by atoms with Gasteiger partial charge in [0.15, 0.2) is 11.3 Å². The van der Waals surface area contributed by atoms with E-state index in [0.717, 1.165) is 0 Å². The minimum atomic E-state index is -0.165. The van der Waals surface area contributed by atoms with Gasteiger partial charge >= 0.3 is 0 Å². The van der Waals surface area contributed by atoms with Gasteiger partial charge in [0, 0.05) is 18.5 Å². The average molecular weight is 162 g/mol. The second-order valence-electron chi connectivity index (χ2n) is 2.38. The van der Waals surface area contributed by atoms with Crippen LogP contribution in [0.2, 0.25) is 0 Å². The van der Waals surface area contributed by atoms with Gasteiger partial charge in [-0.2, -0.15) is 0 Å². The molecular formula is C8H6N2O2. The molecule has 0 bridgehead atoms. The maximum Gasteiger partial charge on any atom is 0.196 e. The lowest BCUT2D eigenvalue weighted by atomic mass is 10.3. The summed E-state index contributed by atoms with van der Waals surface area (Å²) in [6.07, 6.45) is 3.01. The smallest absolute Gasteiger partial charge is 0.196 e. The molecule has 4 heteroatoms. The van der Waals surface area contributed by atoms with Gasteiger partial charge in [-0.25, -0.2) is 0 Å². The Hall–Kier alpha value is -1.84. The molecule has 2 rings (SSSR count). The Morgan fingerprint density at radius 2 is 2.33 bits per heavy atom. The summed E-state index contributed by atoms with van der Waals surface area (Å²) < 4.78 is 5.08. The van der Waals surface area contributed by atoms with Gasteiger partial charge in [0.2, 0.25) is 0 Å². The van der Waals surface area contributed by atoms with Gasteiger partial charge in [0.25, 0.3) is 0 Å². The van der Waals surface area contributed by atoms with E-state index in [4.69, 9.17) is 10.2 Å². The molecule has 2 N–H and O–H groups in total. The van der Waals surface area contributed by atoms with Gasteiger partial charge < -0.3 is 10.2 Å². The van der Waals surface area contributed by atoms with E-state index in [1.165, 1.54) is 12.3 Å². The predicted octanol–water partition coefficient (Wildman–Crippen LogP) is 0.770. The van der Waals surface area contributed by atoms with Crippen LogP contribution in [-0.4, -0.2) is 4.98 Å². The van der Waals surface area contributed by atoms with Gasteiger partial charge in [0.1, 0.15) is 5.58 Å². The van der Waals surface area contributed by atoms with Crippen LogP contribution in [0.25, 0.3) is 11.0 Å². The van der Waals surface area contributed by atoms with Crippen molar-refractivity contribution < 1.29 is 4.42 Å². The van der Waals surface area contributed by atoms with E-state index in [0.29, 0.717) is 11.0 Å². The molecule has 4 nitrogen and oxygen atoms in total. The first-order chi connectivity index (χ1) is 5.77. The predicted molar refractivity (Wildman–Crippen MR) is 44.7 cm³/mol. The molecule has 2 aromatic rings. The Kier molecular flexibility index (Phi) is 1.33. The van der Waals surface area contributed by atoms with E-state index in [9.17, 15) is 4.79 Å². The Labute approximate surface area is 67.6 Å². The zero-order chi connectivity index (χ0) is 8.55. The number of pyridine rings is 1. The molecule has 0 radical (unpaired) electrons. The van der Waals surface area contributed by atoms with E-state index in [-0.39, 0.29) is 11.3 Å². The normalized spacial score (nSPS) is 10.3. The lowest BCUT2D eigenvalue weighted by Gasteiger charge is -1.95. The third kappa shape index (κ3) is 0.934. The van der Waals surface area contributed by atoms with Crippen molar-refractivity contribution in [3.05, 3.63) is 34.7 Å². The highest BCUT2D eigenvalue weighted by atomic mass is 16.3. The molecule has 0 aliphatic rings. The summed E-state index contributed by atoms with van der Waals surface area (Å²) >= 11 is 0. The quantitative estimate of drug-likeness (QED) is 0.621. The Balaban J connectivity index is 2.99. The van der Waals surface area contributed by atoms with Crippen molar-refractivity contribution in [2.24, 2.45) is 0 Å². The van der Waals surface area contributed by atoms with E-state index >= 15 is 0 Å². The number of hydrogen-bond acceptors (Lipinski definition) is 4. The van der Waals surface area contributed by atoms with Crippen LogP contribution in [0.3, 0.4) is 0 Å². The fourth-order valence-electron chi connectivity index (χ4n) is 1.02. The van der Waals surface area contributed by atoms with Crippen molar-refractivity contribution in [2.45, 2.75) is 0 Å². The van der Waals surface area contributed by atoms with Crippen molar-refractivity contribution in [2.75, 3.05) is 5.73 Å². The molecule has 2 heterocycles. The molecule has 0 atom stereocenters. The average Bonchev–Trinajstić information content (AvgIpc) is 2.04. The molecule has 0 fully saturated rings. The van der Waals surface area contributed by atoms with Crippen molar-refractivity contribution in [1.29, 1.82) is 0 Å². The van der Waals surface area contributed by atoms with Crippen molar-refractivity contribution >= 4 is 16.9 Å². The first-order valence-electron chi connectivity index (χ1n) is 3.41. The van der Waals surface area contributed by atoms with Crippen molar-refractivity contribution in [3.8, 4) is 0 Å². The van der Waals surface area contributed by atoms with E-state index in [1.807, 2.05) is 0 Å². The number of nitrogen functional groups attached to an aromatic ring is 1. The summed E-state index contributed by atoms with van der Waals surface area (Å²) in [5.41, 5.74) is 5.64. The molecule has 0 amide bonds. The highest BCUT2D eigenvalue weighted by molar-refractivity contribution is 5.75. The second-order valence-corrected chi connectivity index (χ2v) is 2.38. The molecule has 12 heavy (non-hydrogen) atoms. The molecular weight excluding hydrogens is 156 g/mol. The fraction of sp³-hybridized carbons (Fsp3) is 0. The Bertz CT molecular complexity index is 476. The first-order valence-corrected chi connectivity index (χ1v) is 3.41. The van der Waals surface area contributed by atoms with E-state index in [2.05, 4.69) is 4.98 Å². The molecule has 0 aromatic carbocycles. The highest BCUT2D eigenvalue weighted by Gasteiger charge is 2.00. The molecule has 0 aliphatic heterocycles. The van der Waals surface area contributed by atoms with Crippen LogP contribution < -0.4 is 11.2 Å². The molecule has 2 aromatic heterocycles. The minimum absolute atomic E-state index is 0.124. The number of nitrogens with zero attached hydrogens (tertiary/aromatic N) is 1. The van der Waals surface area contributed by atoms with Gasteiger partial charge in [-0.1, -0.05) is 0 Å². The van der Waals surface area contributed by atoms with Gasteiger partial charge in [0.05, 0.1) is 5.39 Å². The van der Waals surface area contributed by atoms with Gasteiger partial charge in [-0.15, -0.1) is 0 Å². The molecule has 0 unspecified atom stereocenters. The highest BCUT2D eigenvalue weighted by Crippen LogP contribution is 2.10. The minimum Gasteiger partial charge on any atom is -0.441 e. The Morgan fingerprint density at radius 1 is 1.50 bits per heavy atom. The summed E-state index contributed by atoms with van der Waals surface area (Å²) in [5.74, 6) is 0.124. The van der Waals surface area contributed by atoms with Crippen LogP contribution >= 0.6 is 0 Å². The number of hydrogen-bond donors (Lipinski definition) is 1. The maximum absolute atomic E-state index is 11.2. The van der Waals surface area contributed by atoms with E-state index < -0.39 is 0 Å². The van der Waals surface area contributed by atoms with E-state index in [1.54, 1.807) is 12.3 Å². The monoisotopic (exact) mass is 162 g/mol. The third-order valence-electron chi connectivity index (χ3n) is 1.55. The van der Waals surface area contributed by atoms with Crippen molar-refractivity contribution in [3.63, 3.8) is 0 Å². The van der Waals surface area contributed by atoms with Gasteiger partial charge in [-0.3, -0.25) is 9.78 Å². The number of nitrogens with two attached hydrogens (primary N) is 1. The molecule has 0 saturated carbocycles. The largest absolute Gasteiger partial charge is 0.441 e. The van der Waals surface area contributed by atoms with Crippen LogP contribution in [0.5, 0.6) is 0 Å². The van der Waals surface area contributed by atoms with Crippen LogP contribution in [-0.2, 0) is 0 Å². The summed E-state index contributed by atoms with van der Waals surface area (Å²) in [5, 5.41) is 0.451. The van der Waals surface area contributed by atoms with Crippen LogP contribution in [0, 0.1) is 0 Å². The Morgan fingerprint density at radius 3 is 3.17 bits per heavy atom. The number of rotatable bonds is 0. The lowest BCUT2D eigenvalue weighted by molar-refractivity contribution is 0.624. The van der Waals surface area contributed by atoms with Crippen molar-refractivity contribution in [1.82, 2.24) is 4.98 Å². The van der Waals surface area contributed by atoms with Crippen LogP contribution in [0.15, 0.2) is 33.7 Å². The molecule has 0 aliphatic carbocycles. The lowest BCUT2D eigenvalue weighted by Crippen LogP contribution is -2.01. The summed E-state index contributed by atoms with van der Waals surface area (Å²) in [6, 6.07) is 2.84. The van der Waals surface area contributed by atoms with Crippen LogP contribution in [0.1, 0.15) is 0 Å². The molecule has 60 valence electrons. The summed E-state index contributed by atoms with van der Waals surface area (Å²) in [7, 11) is 0. The number of anilines is 1. The fourth-order valence-corrected chi connectivity index (χ4v) is 1.02. The zero-order valence-electron chi connectivity index (χ0n) is 6.15. The first kappa shape index (κ1) is 6.84. The summed E-state index contributed by atoms with van der Waals surface area (Å²) in [6.45, 7) is 0. The molecule has 0 saturated heterocycles. The SMILES string of the molecule is Nc1cc(=O)c2cnccc2o1. The number of aromatic nitrogens is 1. The second kappa shape index (κ2) is 2.34. The third-order valence-corrected chi connectivity index (χ3v) is 1.55. The van der Waals surface area contributed by atoms with Crippen LogP contribution in [0.4, 0.5) is 5.88 Å². The number of fused-ring (bicyclic) bond motifs is 1.